The van der Waals surface area contributed by atoms with Gasteiger partial charge in [-0.25, -0.2) is 4.79 Å². The van der Waals surface area contributed by atoms with E-state index in [0.717, 1.165) is 21.9 Å². The molecule has 0 saturated heterocycles. The predicted molar refractivity (Wildman–Crippen MR) is 82.7 cm³/mol. The molecule has 0 radical (unpaired) electrons. The Labute approximate surface area is 126 Å². The van der Waals surface area contributed by atoms with E-state index in [-0.39, 0.29) is 6.03 Å². The van der Waals surface area contributed by atoms with E-state index < -0.39 is 0 Å². The first-order chi connectivity index (χ1) is 9.49. The zero-order chi connectivity index (χ0) is 15.1. The zero-order valence-corrected chi connectivity index (χ0v) is 13.4. The number of benzene rings is 1. The van der Waals surface area contributed by atoms with Crippen LogP contribution in [0.25, 0.3) is 0 Å². The number of carbonyl (C=O) groups excluding carboxylic acids is 1. The van der Waals surface area contributed by atoms with Gasteiger partial charge in [0.15, 0.2) is 0 Å². The van der Waals surface area contributed by atoms with E-state index >= 15 is 0 Å². The molecule has 112 valence electrons. The van der Waals surface area contributed by atoms with Crippen molar-refractivity contribution in [1.82, 2.24) is 10.2 Å². The lowest BCUT2D eigenvalue weighted by atomic mass is 10.1. The normalized spacial score (nSPS) is 10.2. The second kappa shape index (κ2) is 8.00. The van der Waals surface area contributed by atoms with E-state index in [1.165, 1.54) is 0 Å². The van der Waals surface area contributed by atoms with Gasteiger partial charge < -0.3 is 15.0 Å². The Morgan fingerprint density at radius 2 is 1.80 bits per heavy atom. The first-order valence-corrected chi connectivity index (χ1v) is 7.29. The third-order valence-corrected chi connectivity index (χ3v) is 3.70. The van der Waals surface area contributed by atoms with Crippen LogP contribution in [0.1, 0.15) is 25.0 Å². The lowest BCUT2D eigenvalue weighted by Gasteiger charge is -2.19. The molecule has 1 N–H and O–H groups in total. The number of aryl methyl sites for hydroxylation is 2. The second-order valence-electron chi connectivity index (χ2n) is 4.62. The second-order valence-corrected chi connectivity index (χ2v) is 5.00. The molecule has 0 aromatic heterocycles. The van der Waals surface area contributed by atoms with Gasteiger partial charge >= 0.3 is 6.03 Å². The topological polar surface area (TPSA) is 41.6 Å². The van der Waals surface area contributed by atoms with Crippen LogP contribution in [0.3, 0.4) is 0 Å². The molecule has 0 unspecified atom stereocenters. The molecule has 0 bridgehead atoms. The number of carbonyl (C=O) groups is 1. The predicted octanol–water partition coefficient (Wildman–Crippen LogP) is 3.39. The molecule has 0 aliphatic heterocycles. The van der Waals surface area contributed by atoms with Crippen molar-refractivity contribution in [3.8, 4) is 5.75 Å². The molecular formula is C15H23ClN2O2. The smallest absolute Gasteiger partial charge is 0.317 e. The summed E-state index contributed by atoms with van der Waals surface area (Å²) in [6.07, 6.45) is 0. The SMILES string of the molecule is CCN(CC)C(=O)NCCOc1cc(C)c(Cl)c(C)c1. The highest BCUT2D eigenvalue weighted by molar-refractivity contribution is 6.32. The third kappa shape index (κ3) is 4.60. The van der Waals surface area contributed by atoms with Crippen LogP contribution in [0.15, 0.2) is 12.1 Å². The number of halogens is 1. The monoisotopic (exact) mass is 298 g/mol. The largest absolute Gasteiger partial charge is 0.492 e. The Hall–Kier alpha value is -1.42. The van der Waals surface area contributed by atoms with Gasteiger partial charge in [-0.2, -0.15) is 0 Å². The summed E-state index contributed by atoms with van der Waals surface area (Å²) in [4.78, 5) is 13.4. The van der Waals surface area contributed by atoms with Gasteiger partial charge in [0.1, 0.15) is 12.4 Å². The number of nitrogens with one attached hydrogen (secondary N) is 1. The first kappa shape index (κ1) is 16.6. The summed E-state index contributed by atoms with van der Waals surface area (Å²) in [7, 11) is 0. The molecule has 0 aliphatic rings. The van der Waals surface area contributed by atoms with E-state index in [1.54, 1.807) is 4.90 Å². The Morgan fingerprint density at radius 3 is 2.30 bits per heavy atom. The molecule has 0 aliphatic carbocycles. The molecule has 0 saturated carbocycles. The van der Waals surface area contributed by atoms with Gasteiger partial charge in [-0.1, -0.05) is 11.6 Å². The minimum atomic E-state index is -0.0536. The van der Waals surface area contributed by atoms with Crippen molar-refractivity contribution in [2.45, 2.75) is 27.7 Å². The van der Waals surface area contributed by atoms with Gasteiger partial charge in [-0.3, -0.25) is 0 Å². The van der Waals surface area contributed by atoms with Gasteiger partial charge in [-0.05, 0) is 51.0 Å². The molecule has 1 rings (SSSR count). The quantitative estimate of drug-likeness (QED) is 0.818. The van der Waals surface area contributed by atoms with Gasteiger partial charge in [0, 0.05) is 18.1 Å². The summed E-state index contributed by atoms with van der Waals surface area (Å²) in [5, 5.41) is 3.60. The molecule has 1 aromatic carbocycles. The highest BCUT2D eigenvalue weighted by Gasteiger charge is 2.08. The number of ether oxygens (including phenoxy) is 1. The van der Waals surface area contributed by atoms with Crippen molar-refractivity contribution < 1.29 is 9.53 Å². The molecule has 0 spiro atoms. The Morgan fingerprint density at radius 1 is 1.25 bits per heavy atom. The number of urea groups is 1. The molecule has 0 atom stereocenters. The summed E-state index contributed by atoms with van der Waals surface area (Å²) in [5.74, 6) is 0.779. The molecule has 0 heterocycles. The Kier molecular flexibility index (Phi) is 6.65. The highest BCUT2D eigenvalue weighted by atomic mass is 35.5. The number of hydrogen-bond donors (Lipinski definition) is 1. The summed E-state index contributed by atoms with van der Waals surface area (Å²) in [5.41, 5.74) is 1.99. The maximum absolute atomic E-state index is 11.7. The van der Waals surface area contributed by atoms with Crippen molar-refractivity contribution in [2.24, 2.45) is 0 Å². The summed E-state index contributed by atoms with van der Waals surface area (Å²) < 4.78 is 5.63. The lowest BCUT2D eigenvalue weighted by molar-refractivity contribution is 0.200. The standard InChI is InChI=1S/C15H23ClN2O2/c1-5-18(6-2)15(19)17-7-8-20-13-9-11(3)14(16)12(4)10-13/h9-10H,5-8H2,1-4H3,(H,17,19). The molecule has 4 nitrogen and oxygen atoms in total. The van der Waals surface area contributed by atoms with Crippen LogP contribution < -0.4 is 10.1 Å². The molecular weight excluding hydrogens is 276 g/mol. The number of nitrogens with zero attached hydrogens (tertiary/aromatic N) is 1. The van der Waals surface area contributed by atoms with E-state index in [0.29, 0.717) is 26.2 Å². The molecule has 1 aromatic rings. The maximum atomic E-state index is 11.7. The van der Waals surface area contributed by atoms with E-state index in [9.17, 15) is 4.79 Å². The number of rotatable bonds is 6. The van der Waals surface area contributed by atoms with Crippen LogP contribution in [0.4, 0.5) is 4.79 Å². The zero-order valence-electron chi connectivity index (χ0n) is 12.6. The Balaban J connectivity index is 2.40. The van der Waals surface area contributed by atoms with Crippen LogP contribution in [0.5, 0.6) is 5.75 Å². The van der Waals surface area contributed by atoms with Crippen molar-refractivity contribution >= 4 is 17.6 Å². The summed E-state index contributed by atoms with van der Waals surface area (Å²) >= 11 is 6.10. The fraction of sp³-hybridized carbons (Fsp3) is 0.533. The number of hydrogen-bond acceptors (Lipinski definition) is 2. The van der Waals surface area contributed by atoms with Gasteiger partial charge in [0.2, 0.25) is 0 Å². The van der Waals surface area contributed by atoms with E-state index in [1.807, 2.05) is 39.8 Å². The summed E-state index contributed by atoms with van der Waals surface area (Å²) in [6.45, 7) is 10.1. The average molecular weight is 299 g/mol. The third-order valence-electron chi connectivity index (χ3n) is 3.11. The highest BCUT2D eigenvalue weighted by Crippen LogP contribution is 2.25. The maximum Gasteiger partial charge on any atom is 0.317 e. The van der Waals surface area contributed by atoms with Crippen molar-refractivity contribution in [3.05, 3.63) is 28.3 Å². The van der Waals surface area contributed by atoms with Crippen LogP contribution >= 0.6 is 11.6 Å². The fourth-order valence-corrected chi connectivity index (χ4v) is 2.05. The van der Waals surface area contributed by atoms with Crippen LogP contribution in [-0.4, -0.2) is 37.2 Å². The van der Waals surface area contributed by atoms with Crippen molar-refractivity contribution in [1.29, 1.82) is 0 Å². The lowest BCUT2D eigenvalue weighted by Crippen LogP contribution is -2.41. The van der Waals surface area contributed by atoms with Gasteiger partial charge in [-0.15, -0.1) is 0 Å². The van der Waals surface area contributed by atoms with Crippen molar-refractivity contribution in [3.63, 3.8) is 0 Å². The average Bonchev–Trinajstić information content (AvgIpc) is 2.42. The fourth-order valence-electron chi connectivity index (χ4n) is 1.94. The number of amides is 2. The van der Waals surface area contributed by atoms with E-state index in [4.69, 9.17) is 16.3 Å². The van der Waals surface area contributed by atoms with Crippen molar-refractivity contribution in [2.75, 3.05) is 26.2 Å². The molecule has 0 fully saturated rings. The molecule has 2 amide bonds. The summed E-state index contributed by atoms with van der Waals surface area (Å²) in [6, 6.07) is 3.75. The minimum Gasteiger partial charge on any atom is -0.492 e. The Bertz CT molecular complexity index is 436. The molecule has 5 heteroatoms. The minimum absolute atomic E-state index is 0.0536. The van der Waals surface area contributed by atoms with Crippen LogP contribution in [-0.2, 0) is 0 Å². The van der Waals surface area contributed by atoms with Gasteiger partial charge in [0.25, 0.3) is 0 Å². The molecule has 20 heavy (non-hydrogen) atoms. The van der Waals surface area contributed by atoms with Crippen LogP contribution in [0, 0.1) is 13.8 Å². The van der Waals surface area contributed by atoms with Gasteiger partial charge in [0.05, 0.1) is 6.54 Å². The van der Waals surface area contributed by atoms with E-state index in [2.05, 4.69) is 5.32 Å². The van der Waals surface area contributed by atoms with Crippen LogP contribution in [0.2, 0.25) is 5.02 Å². The first-order valence-electron chi connectivity index (χ1n) is 6.91.